The lowest BCUT2D eigenvalue weighted by Crippen LogP contribution is -2.24. The van der Waals surface area contributed by atoms with Crippen LogP contribution in [0.4, 0.5) is 14.5 Å². The van der Waals surface area contributed by atoms with E-state index in [2.05, 4.69) is 10.4 Å². The van der Waals surface area contributed by atoms with Crippen LogP contribution in [0.1, 0.15) is 6.42 Å². The summed E-state index contributed by atoms with van der Waals surface area (Å²) >= 11 is 5.70. The van der Waals surface area contributed by atoms with Crippen molar-refractivity contribution in [2.45, 2.75) is 13.0 Å². The van der Waals surface area contributed by atoms with Crippen molar-refractivity contribution in [2.75, 3.05) is 5.32 Å². The third kappa shape index (κ3) is 3.47. The molecule has 6 nitrogen and oxygen atoms in total. The normalized spacial score (nSPS) is 11.3. The Morgan fingerprint density at radius 3 is 2.72 bits per heavy atom. The standard InChI is InChI=1S/C20H15ClF2N4O2/c1-26-19-13-4-3-12(22)9-17(13)27(20(29)14(19)10-24-26)7-6-18(28)25-16-5-2-11(21)8-15(16)23/h2-5,8-10H,6-7H2,1H3,(H,25,28). The second kappa shape index (κ2) is 7.29. The number of carbonyl (C=O) groups is 1. The Hall–Kier alpha value is -3.26. The van der Waals surface area contributed by atoms with Gasteiger partial charge in [-0.1, -0.05) is 11.6 Å². The molecule has 148 valence electrons. The molecule has 0 unspecified atom stereocenters. The number of nitrogens with one attached hydrogen (secondary N) is 1. The number of pyridine rings is 1. The highest BCUT2D eigenvalue weighted by Crippen LogP contribution is 2.24. The zero-order valence-corrected chi connectivity index (χ0v) is 16.0. The van der Waals surface area contributed by atoms with E-state index in [0.29, 0.717) is 21.8 Å². The van der Waals surface area contributed by atoms with Crippen LogP contribution in [0, 0.1) is 11.6 Å². The van der Waals surface area contributed by atoms with Crippen molar-refractivity contribution in [3.63, 3.8) is 0 Å². The SMILES string of the molecule is Cn1ncc2c(=O)n(CCC(=O)Nc3ccc(Cl)cc3F)c3cc(F)ccc3c21. The maximum Gasteiger partial charge on any atom is 0.262 e. The average Bonchev–Trinajstić information content (AvgIpc) is 3.06. The Kier molecular flexibility index (Phi) is 4.79. The Bertz CT molecular complexity index is 1330. The number of benzene rings is 2. The number of carbonyl (C=O) groups excluding carboxylic acids is 1. The van der Waals surface area contributed by atoms with Crippen molar-refractivity contribution in [1.29, 1.82) is 0 Å². The molecule has 0 fully saturated rings. The molecular weight excluding hydrogens is 402 g/mol. The van der Waals surface area contributed by atoms with Crippen LogP contribution in [0.25, 0.3) is 21.8 Å². The van der Waals surface area contributed by atoms with Crippen molar-refractivity contribution in [3.8, 4) is 0 Å². The number of aryl methyl sites for hydroxylation is 2. The highest BCUT2D eigenvalue weighted by molar-refractivity contribution is 6.30. The summed E-state index contributed by atoms with van der Waals surface area (Å²) in [5.74, 6) is -1.65. The molecule has 9 heteroatoms. The first kappa shape index (κ1) is 19.1. The molecule has 4 rings (SSSR count). The average molecular weight is 417 g/mol. The van der Waals surface area contributed by atoms with Crippen molar-refractivity contribution >= 4 is 45.0 Å². The Morgan fingerprint density at radius 1 is 1.17 bits per heavy atom. The van der Waals surface area contributed by atoms with Gasteiger partial charge < -0.3 is 9.88 Å². The molecule has 0 atom stereocenters. The number of rotatable bonds is 4. The van der Waals surface area contributed by atoms with Crippen LogP contribution in [0.5, 0.6) is 0 Å². The van der Waals surface area contributed by atoms with E-state index in [1.807, 2.05) is 0 Å². The van der Waals surface area contributed by atoms with Gasteiger partial charge in [0.1, 0.15) is 11.6 Å². The zero-order valence-electron chi connectivity index (χ0n) is 15.2. The Morgan fingerprint density at radius 2 is 1.97 bits per heavy atom. The molecule has 2 aromatic carbocycles. The minimum absolute atomic E-state index is 0.00893. The summed E-state index contributed by atoms with van der Waals surface area (Å²) < 4.78 is 30.6. The van der Waals surface area contributed by atoms with E-state index in [1.54, 1.807) is 17.8 Å². The summed E-state index contributed by atoms with van der Waals surface area (Å²) in [7, 11) is 1.70. The molecule has 29 heavy (non-hydrogen) atoms. The number of fused-ring (bicyclic) bond motifs is 3. The van der Waals surface area contributed by atoms with Crippen molar-refractivity contribution in [1.82, 2.24) is 14.3 Å². The van der Waals surface area contributed by atoms with Gasteiger partial charge in [0.25, 0.3) is 5.56 Å². The molecule has 0 radical (unpaired) electrons. The third-order valence-corrected chi connectivity index (χ3v) is 4.92. The summed E-state index contributed by atoms with van der Waals surface area (Å²) in [6.07, 6.45) is 1.33. The maximum atomic E-state index is 13.9. The number of aromatic nitrogens is 3. The minimum Gasteiger partial charge on any atom is -0.324 e. The van der Waals surface area contributed by atoms with Gasteiger partial charge in [-0.15, -0.1) is 0 Å². The van der Waals surface area contributed by atoms with Gasteiger partial charge in [-0.05, 0) is 36.4 Å². The van der Waals surface area contributed by atoms with Crippen LogP contribution in [0.15, 0.2) is 47.4 Å². The van der Waals surface area contributed by atoms with E-state index >= 15 is 0 Å². The summed E-state index contributed by atoms with van der Waals surface area (Å²) in [5.41, 5.74) is 0.563. The van der Waals surface area contributed by atoms with E-state index in [4.69, 9.17) is 11.6 Å². The number of hydrogen-bond acceptors (Lipinski definition) is 3. The molecule has 2 heterocycles. The number of amides is 1. The molecular formula is C20H15ClF2N4O2. The van der Waals surface area contributed by atoms with Gasteiger partial charge in [0, 0.05) is 30.4 Å². The Balaban J connectivity index is 1.68. The topological polar surface area (TPSA) is 68.9 Å². The van der Waals surface area contributed by atoms with Crippen molar-refractivity contribution in [2.24, 2.45) is 7.05 Å². The molecule has 0 saturated heterocycles. The first-order valence-corrected chi connectivity index (χ1v) is 9.11. The first-order chi connectivity index (χ1) is 13.8. The van der Waals surface area contributed by atoms with Crippen LogP contribution >= 0.6 is 11.6 Å². The second-order valence-electron chi connectivity index (χ2n) is 6.57. The summed E-state index contributed by atoms with van der Waals surface area (Å²) in [6, 6.07) is 8.03. The summed E-state index contributed by atoms with van der Waals surface area (Å²) in [5, 5.41) is 7.79. The lowest BCUT2D eigenvalue weighted by atomic mass is 10.1. The van der Waals surface area contributed by atoms with Gasteiger partial charge in [-0.25, -0.2) is 8.78 Å². The van der Waals surface area contributed by atoms with Gasteiger partial charge in [-0.2, -0.15) is 5.10 Å². The Labute approximate surface area is 168 Å². The van der Waals surface area contributed by atoms with E-state index in [1.165, 1.54) is 35.0 Å². The number of halogens is 3. The lowest BCUT2D eigenvalue weighted by molar-refractivity contribution is -0.116. The largest absolute Gasteiger partial charge is 0.324 e. The predicted molar refractivity (Wildman–Crippen MR) is 107 cm³/mol. The number of nitrogens with zero attached hydrogens (tertiary/aromatic N) is 3. The first-order valence-electron chi connectivity index (χ1n) is 8.74. The van der Waals surface area contributed by atoms with Gasteiger partial charge in [-0.3, -0.25) is 14.3 Å². The van der Waals surface area contributed by atoms with Crippen molar-refractivity contribution < 1.29 is 13.6 Å². The highest BCUT2D eigenvalue weighted by Gasteiger charge is 2.16. The number of hydrogen-bond donors (Lipinski definition) is 1. The molecule has 0 spiro atoms. The fourth-order valence-corrected chi connectivity index (χ4v) is 3.49. The molecule has 1 amide bonds. The smallest absolute Gasteiger partial charge is 0.262 e. The van der Waals surface area contributed by atoms with Crippen LogP contribution < -0.4 is 10.9 Å². The molecule has 0 aliphatic rings. The molecule has 4 aromatic rings. The highest BCUT2D eigenvalue weighted by atomic mass is 35.5. The monoisotopic (exact) mass is 416 g/mol. The van der Waals surface area contributed by atoms with Crippen LogP contribution in [-0.4, -0.2) is 20.3 Å². The predicted octanol–water partition coefficient (Wildman–Crippen LogP) is 3.85. The van der Waals surface area contributed by atoms with E-state index in [0.717, 1.165) is 6.07 Å². The lowest BCUT2D eigenvalue weighted by Gasteiger charge is -2.12. The fraction of sp³-hybridized carbons (Fsp3) is 0.150. The molecule has 2 aromatic heterocycles. The molecule has 0 saturated carbocycles. The zero-order chi connectivity index (χ0) is 20.7. The van der Waals surface area contributed by atoms with Gasteiger partial charge >= 0.3 is 0 Å². The second-order valence-corrected chi connectivity index (χ2v) is 7.01. The van der Waals surface area contributed by atoms with Gasteiger partial charge in [0.15, 0.2) is 0 Å². The quantitative estimate of drug-likeness (QED) is 0.549. The molecule has 1 N–H and O–H groups in total. The van der Waals surface area contributed by atoms with Crippen LogP contribution in [0.3, 0.4) is 0 Å². The van der Waals surface area contributed by atoms with Crippen LogP contribution in [0.2, 0.25) is 5.02 Å². The summed E-state index contributed by atoms with van der Waals surface area (Å²) in [4.78, 5) is 25.2. The minimum atomic E-state index is -0.660. The van der Waals surface area contributed by atoms with E-state index in [-0.39, 0.29) is 29.2 Å². The third-order valence-electron chi connectivity index (χ3n) is 4.69. The maximum absolute atomic E-state index is 13.9. The van der Waals surface area contributed by atoms with Gasteiger partial charge in [0.2, 0.25) is 5.91 Å². The fourth-order valence-electron chi connectivity index (χ4n) is 3.34. The van der Waals surface area contributed by atoms with Gasteiger partial charge in [0.05, 0.1) is 28.3 Å². The molecule has 0 bridgehead atoms. The van der Waals surface area contributed by atoms with E-state index in [9.17, 15) is 18.4 Å². The van der Waals surface area contributed by atoms with Crippen LogP contribution in [-0.2, 0) is 18.4 Å². The molecule has 0 aliphatic carbocycles. The van der Waals surface area contributed by atoms with Crippen molar-refractivity contribution in [3.05, 3.63) is 69.6 Å². The number of anilines is 1. The summed E-state index contributed by atoms with van der Waals surface area (Å²) in [6.45, 7) is -0.00926. The molecule has 0 aliphatic heterocycles. The van der Waals surface area contributed by atoms with E-state index < -0.39 is 17.5 Å².